The van der Waals surface area contributed by atoms with E-state index in [9.17, 15) is 15.0 Å². The number of carbonyl (C=O) groups is 1. The number of aliphatic hydroxyl groups excluding tert-OH is 2. The van der Waals surface area contributed by atoms with E-state index < -0.39 is 5.41 Å². The summed E-state index contributed by atoms with van der Waals surface area (Å²) >= 11 is 0. The van der Waals surface area contributed by atoms with Crippen molar-refractivity contribution >= 4 is 5.78 Å². The maximum atomic E-state index is 14.4. The van der Waals surface area contributed by atoms with E-state index >= 15 is 0 Å². The second-order valence-electron chi connectivity index (χ2n) is 15.3. The van der Waals surface area contributed by atoms with E-state index in [1.807, 2.05) is 6.08 Å². The van der Waals surface area contributed by atoms with Crippen LogP contribution in [0, 0.1) is 56.8 Å². The lowest BCUT2D eigenvalue weighted by atomic mass is 9.34. The molecular weight excluding hydrogens is 446 g/mol. The van der Waals surface area contributed by atoms with Gasteiger partial charge in [0.05, 0.1) is 6.57 Å². The second kappa shape index (κ2) is 7.72. The van der Waals surface area contributed by atoms with Crippen LogP contribution in [-0.4, -0.2) is 22.6 Å². The minimum Gasteiger partial charge on any atom is -0.523 e. The van der Waals surface area contributed by atoms with E-state index in [1.54, 1.807) is 0 Å². The quantitative estimate of drug-likeness (QED) is 0.388. The van der Waals surface area contributed by atoms with Crippen LogP contribution >= 0.6 is 0 Å². The third-order valence-corrected chi connectivity index (χ3v) is 12.9. The summed E-state index contributed by atoms with van der Waals surface area (Å²) in [6, 6.07) is 0. The number of carbonyl (C=O) groups excluding carboxylic acids is 1. The summed E-state index contributed by atoms with van der Waals surface area (Å²) in [4.78, 5) is 18.2. The molecule has 5 aliphatic rings. The number of hydrogen-bond acceptors (Lipinski definition) is 3. The van der Waals surface area contributed by atoms with Crippen molar-refractivity contribution in [1.29, 1.82) is 0 Å². The van der Waals surface area contributed by atoms with Gasteiger partial charge in [0, 0.05) is 17.9 Å². The zero-order valence-corrected chi connectivity index (χ0v) is 23.6. The van der Waals surface area contributed by atoms with Gasteiger partial charge in [0.15, 0.2) is 5.78 Å². The molecule has 2 N–H and O–H groups in total. The summed E-state index contributed by atoms with van der Waals surface area (Å²) in [5.74, 6) is 1.05. The molecule has 198 valence electrons. The summed E-state index contributed by atoms with van der Waals surface area (Å²) in [5.41, 5.74) is 0.988. The number of hydrogen-bond donors (Lipinski definition) is 2. The fourth-order valence-corrected chi connectivity index (χ4v) is 10.7. The van der Waals surface area contributed by atoms with Crippen LogP contribution in [0.1, 0.15) is 106 Å². The maximum Gasteiger partial charge on any atom is 0.203 e. The number of nitrogens with zero attached hydrogens (tertiary/aromatic N) is 1. The van der Waals surface area contributed by atoms with Crippen LogP contribution in [0.15, 0.2) is 23.1 Å². The van der Waals surface area contributed by atoms with E-state index in [2.05, 4.69) is 53.3 Å². The first-order chi connectivity index (χ1) is 16.6. The summed E-state index contributed by atoms with van der Waals surface area (Å²) in [7, 11) is 0. The first-order valence-electron chi connectivity index (χ1n) is 14.3. The zero-order chi connectivity index (χ0) is 26.5. The highest BCUT2D eigenvalue weighted by Crippen LogP contribution is 2.75. The smallest absolute Gasteiger partial charge is 0.203 e. The molecule has 0 bridgehead atoms. The van der Waals surface area contributed by atoms with Crippen molar-refractivity contribution < 1.29 is 15.0 Å². The standard InChI is InChI=1S/C32H47NO3/c1-27(2)11-13-32(15-16-34)14-12-31(7)25(20(32)18-27)22(35)17-24-29(5)19-21(33-8)26(36)28(3,4)23(29)9-10-30(24,31)6/h17,20,23,25,34,36H,9-16,18-19H2,1-7H3/t20-,23-,25-,29-,30+,31+,32+/m0/s1. The lowest BCUT2D eigenvalue weighted by Crippen LogP contribution is -2.64. The minimum absolute atomic E-state index is 0.00727. The molecule has 0 aliphatic heterocycles. The molecule has 5 aliphatic carbocycles. The molecule has 7 atom stereocenters. The first kappa shape index (κ1) is 26.0. The molecule has 36 heavy (non-hydrogen) atoms. The molecule has 0 aromatic rings. The molecule has 5 rings (SSSR count). The van der Waals surface area contributed by atoms with Crippen molar-refractivity contribution in [2.75, 3.05) is 6.61 Å². The van der Waals surface area contributed by atoms with Gasteiger partial charge in [0.25, 0.3) is 0 Å². The van der Waals surface area contributed by atoms with Gasteiger partial charge in [-0.05, 0) is 103 Å². The predicted octanol–water partition coefficient (Wildman–Crippen LogP) is 7.65. The van der Waals surface area contributed by atoms with Crippen molar-refractivity contribution in [3.8, 4) is 0 Å². The predicted molar refractivity (Wildman–Crippen MR) is 143 cm³/mol. The van der Waals surface area contributed by atoms with Gasteiger partial charge < -0.3 is 10.2 Å². The maximum absolute atomic E-state index is 14.4. The van der Waals surface area contributed by atoms with Crippen molar-refractivity contribution in [3.05, 3.63) is 34.5 Å². The Hall–Kier alpha value is -1.60. The third kappa shape index (κ3) is 3.11. The number of allylic oxidation sites excluding steroid dienone is 4. The van der Waals surface area contributed by atoms with E-state index in [0.717, 1.165) is 44.9 Å². The van der Waals surface area contributed by atoms with Crippen molar-refractivity contribution in [3.63, 3.8) is 0 Å². The van der Waals surface area contributed by atoms with Crippen molar-refractivity contribution in [2.24, 2.45) is 50.2 Å². The van der Waals surface area contributed by atoms with Crippen molar-refractivity contribution in [1.82, 2.24) is 0 Å². The monoisotopic (exact) mass is 493 g/mol. The topological polar surface area (TPSA) is 61.9 Å². The molecule has 0 heterocycles. The molecule has 0 amide bonds. The molecule has 0 saturated heterocycles. The summed E-state index contributed by atoms with van der Waals surface area (Å²) < 4.78 is 0. The molecule has 0 spiro atoms. The van der Waals surface area contributed by atoms with Crippen molar-refractivity contribution in [2.45, 2.75) is 106 Å². The van der Waals surface area contributed by atoms with Gasteiger partial charge in [-0.2, -0.15) is 0 Å². The summed E-state index contributed by atoms with van der Waals surface area (Å²) in [5, 5.41) is 21.1. The second-order valence-corrected chi connectivity index (χ2v) is 15.3. The van der Waals surface area contributed by atoms with Crippen LogP contribution in [0.25, 0.3) is 4.85 Å². The SMILES string of the molecule is [C-]#[N+]C1=C(O)C(C)(C)[C@@H]2CC[C@]3(C)C(=CC(=O)[C@@H]4[C@@H]5CC(C)(C)CC[C@]5(CCO)CC[C@]43C)[C@@]2(C)C1. The van der Waals surface area contributed by atoms with E-state index in [1.165, 1.54) is 12.0 Å². The first-order valence-corrected chi connectivity index (χ1v) is 14.3. The Labute approximate surface area is 218 Å². The average molecular weight is 494 g/mol. The Morgan fingerprint density at radius 3 is 2.33 bits per heavy atom. The van der Waals surface area contributed by atoms with Crippen LogP contribution in [0.4, 0.5) is 0 Å². The van der Waals surface area contributed by atoms with Crippen LogP contribution in [0.3, 0.4) is 0 Å². The molecule has 0 radical (unpaired) electrons. The number of fused-ring (bicyclic) bond motifs is 7. The lowest BCUT2D eigenvalue weighted by Gasteiger charge is -2.70. The average Bonchev–Trinajstić information content (AvgIpc) is 2.79. The van der Waals surface area contributed by atoms with Gasteiger partial charge >= 0.3 is 0 Å². The zero-order valence-electron chi connectivity index (χ0n) is 23.6. The lowest BCUT2D eigenvalue weighted by molar-refractivity contribution is -0.175. The normalized spacial score (nSPS) is 47.0. The summed E-state index contributed by atoms with van der Waals surface area (Å²) in [6.45, 7) is 24.0. The highest BCUT2D eigenvalue weighted by atomic mass is 16.3. The molecular formula is C32H47NO3. The fourth-order valence-electron chi connectivity index (χ4n) is 10.7. The largest absolute Gasteiger partial charge is 0.523 e. The van der Waals surface area contributed by atoms with Gasteiger partial charge in [-0.3, -0.25) is 4.79 Å². The van der Waals surface area contributed by atoms with Crippen LogP contribution in [0.2, 0.25) is 0 Å². The molecule has 3 fully saturated rings. The molecule has 0 aromatic heterocycles. The van der Waals surface area contributed by atoms with Gasteiger partial charge in [-0.1, -0.05) is 54.0 Å². The molecule has 4 nitrogen and oxygen atoms in total. The fraction of sp³-hybridized carbons (Fsp3) is 0.812. The van der Waals surface area contributed by atoms with Gasteiger partial charge in [0.2, 0.25) is 5.70 Å². The van der Waals surface area contributed by atoms with E-state index in [4.69, 9.17) is 6.57 Å². The Morgan fingerprint density at radius 1 is 1.03 bits per heavy atom. The Morgan fingerprint density at radius 2 is 1.69 bits per heavy atom. The Bertz CT molecular complexity index is 1090. The molecule has 0 unspecified atom stereocenters. The highest BCUT2D eigenvalue weighted by Gasteiger charge is 2.69. The number of aliphatic hydroxyl groups is 2. The van der Waals surface area contributed by atoms with Crippen LogP contribution in [-0.2, 0) is 4.79 Å². The Balaban J connectivity index is 1.66. The van der Waals surface area contributed by atoms with Gasteiger partial charge in [-0.15, -0.1) is 0 Å². The highest BCUT2D eigenvalue weighted by molar-refractivity contribution is 5.95. The molecule has 0 aromatic carbocycles. The van der Waals surface area contributed by atoms with E-state index in [-0.39, 0.29) is 57.1 Å². The molecule has 4 heteroatoms. The van der Waals surface area contributed by atoms with Crippen LogP contribution < -0.4 is 0 Å². The van der Waals surface area contributed by atoms with E-state index in [0.29, 0.717) is 18.0 Å². The Kier molecular flexibility index (Phi) is 5.58. The minimum atomic E-state index is -0.480. The van der Waals surface area contributed by atoms with Gasteiger partial charge in [-0.25, -0.2) is 4.85 Å². The summed E-state index contributed by atoms with van der Waals surface area (Å²) in [6.07, 6.45) is 10.9. The molecule has 3 saturated carbocycles. The van der Waals surface area contributed by atoms with Gasteiger partial charge in [0.1, 0.15) is 5.76 Å². The third-order valence-electron chi connectivity index (χ3n) is 12.9. The van der Waals surface area contributed by atoms with Crippen LogP contribution in [0.5, 0.6) is 0 Å². The number of ketones is 1. The number of rotatable bonds is 2.